The summed E-state index contributed by atoms with van der Waals surface area (Å²) in [4.78, 5) is 11.2. The Morgan fingerprint density at radius 2 is 2.22 bits per heavy atom. The first-order valence-electron chi connectivity index (χ1n) is 5.80. The number of sulfonamides is 1. The maximum atomic E-state index is 12.4. The summed E-state index contributed by atoms with van der Waals surface area (Å²) in [6, 6.07) is 0.798. The van der Waals surface area contributed by atoms with Crippen molar-refractivity contribution in [2.45, 2.75) is 36.2 Å². The van der Waals surface area contributed by atoms with Gasteiger partial charge in [-0.3, -0.25) is 4.79 Å². The molecule has 18 heavy (non-hydrogen) atoms. The van der Waals surface area contributed by atoms with Gasteiger partial charge in [0.15, 0.2) is 0 Å². The van der Waals surface area contributed by atoms with E-state index in [1.54, 1.807) is 0 Å². The van der Waals surface area contributed by atoms with E-state index in [1.807, 2.05) is 0 Å². The molecular weight excluding hydrogens is 258 g/mol. The van der Waals surface area contributed by atoms with Gasteiger partial charge >= 0.3 is 5.97 Å². The van der Waals surface area contributed by atoms with Crippen molar-refractivity contribution in [2.24, 2.45) is 5.92 Å². The van der Waals surface area contributed by atoms with E-state index in [9.17, 15) is 13.2 Å². The maximum absolute atomic E-state index is 12.4. The van der Waals surface area contributed by atoms with Crippen LogP contribution in [0.5, 0.6) is 0 Å². The number of nitrogens with zero attached hydrogens (tertiary/aromatic N) is 1. The molecule has 0 saturated carbocycles. The Kier molecular flexibility index (Phi) is 2.49. The third kappa shape index (κ3) is 1.50. The fourth-order valence-electron chi connectivity index (χ4n) is 3.10. The first kappa shape index (κ1) is 11.7. The van der Waals surface area contributed by atoms with Crippen molar-refractivity contribution in [3.05, 3.63) is 18.6 Å². The quantitative estimate of drug-likeness (QED) is 0.882. The third-order valence-electron chi connectivity index (χ3n) is 3.86. The van der Waals surface area contributed by atoms with Gasteiger partial charge in [-0.2, -0.15) is 4.31 Å². The molecule has 3 atom stereocenters. The number of aliphatic carboxylic acids is 1. The zero-order chi connectivity index (χ0) is 12.9. The highest BCUT2D eigenvalue weighted by Gasteiger charge is 2.54. The molecule has 0 radical (unpaired) electrons. The van der Waals surface area contributed by atoms with E-state index >= 15 is 0 Å². The summed E-state index contributed by atoms with van der Waals surface area (Å²) in [5.41, 5.74) is 0. The summed E-state index contributed by atoms with van der Waals surface area (Å²) >= 11 is 0. The third-order valence-corrected chi connectivity index (χ3v) is 5.81. The predicted molar refractivity (Wildman–Crippen MR) is 60.3 cm³/mol. The molecule has 0 spiro atoms. The normalized spacial score (nSPS) is 31.9. The summed E-state index contributed by atoms with van der Waals surface area (Å²) in [6.45, 7) is 0. The Bertz CT molecular complexity index is 564. The van der Waals surface area contributed by atoms with Crippen molar-refractivity contribution in [3.63, 3.8) is 0 Å². The molecule has 1 aromatic rings. The zero-order valence-corrected chi connectivity index (χ0v) is 10.3. The molecule has 98 valence electrons. The lowest BCUT2D eigenvalue weighted by molar-refractivity contribution is -0.142. The number of hydrogen-bond donors (Lipinski definition) is 1. The van der Waals surface area contributed by atoms with Crippen LogP contribution in [0.25, 0.3) is 0 Å². The number of furan rings is 1. The predicted octanol–water partition coefficient (Wildman–Crippen LogP) is 0.906. The van der Waals surface area contributed by atoms with Crippen LogP contribution in [0, 0.1) is 5.92 Å². The van der Waals surface area contributed by atoms with E-state index in [2.05, 4.69) is 0 Å². The van der Waals surface area contributed by atoms with Crippen LogP contribution in [0.2, 0.25) is 0 Å². The molecule has 2 aliphatic rings. The van der Waals surface area contributed by atoms with E-state index in [1.165, 1.54) is 22.9 Å². The first-order chi connectivity index (χ1) is 8.51. The first-order valence-corrected chi connectivity index (χ1v) is 7.24. The van der Waals surface area contributed by atoms with Crippen molar-refractivity contribution >= 4 is 16.0 Å². The summed E-state index contributed by atoms with van der Waals surface area (Å²) in [5.74, 6) is -1.49. The van der Waals surface area contributed by atoms with Crippen LogP contribution < -0.4 is 0 Å². The van der Waals surface area contributed by atoms with Crippen LogP contribution in [0.3, 0.4) is 0 Å². The molecule has 2 fully saturated rings. The zero-order valence-electron chi connectivity index (χ0n) is 9.52. The fraction of sp³-hybridized carbons (Fsp3) is 0.545. The largest absolute Gasteiger partial charge is 0.481 e. The molecule has 3 heterocycles. The second-order valence-electron chi connectivity index (χ2n) is 4.77. The molecule has 0 aliphatic carbocycles. The van der Waals surface area contributed by atoms with Crippen molar-refractivity contribution in [1.29, 1.82) is 0 Å². The highest BCUT2D eigenvalue weighted by Crippen LogP contribution is 2.44. The highest BCUT2D eigenvalue weighted by atomic mass is 32.2. The van der Waals surface area contributed by atoms with Crippen LogP contribution in [0.15, 0.2) is 27.9 Å². The number of carboxylic acid groups (broad SMARTS) is 1. The standard InChI is InChI=1S/C11H13NO5S/c13-11(14)9-5-7-1-2-10(9)12(7)18(15,16)8-3-4-17-6-8/h3-4,6-7,9-10H,1-2,5H2,(H,13,14). The number of carboxylic acids is 1. The molecule has 1 aromatic heterocycles. The van der Waals surface area contributed by atoms with Gasteiger partial charge < -0.3 is 9.52 Å². The second kappa shape index (κ2) is 3.83. The average molecular weight is 271 g/mol. The highest BCUT2D eigenvalue weighted by molar-refractivity contribution is 7.89. The smallest absolute Gasteiger partial charge is 0.308 e. The van der Waals surface area contributed by atoms with E-state index < -0.39 is 28.0 Å². The van der Waals surface area contributed by atoms with Crippen LogP contribution in [0.4, 0.5) is 0 Å². The minimum absolute atomic E-state index is 0.102. The van der Waals surface area contributed by atoms with E-state index in [4.69, 9.17) is 9.52 Å². The van der Waals surface area contributed by atoms with Gasteiger partial charge in [-0.25, -0.2) is 8.42 Å². The SMILES string of the molecule is O=C(O)C1CC2CCC1N2S(=O)(=O)c1ccoc1. The topological polar surface area (TPSA) is 87.8 Å². The molecule has 2 bridgehead atoms. The van der Waals surface area contributed by atoms with Crippen LogP contribution >= 0.6 is 0 Å². The average Bonchev–Trinajstić information content (AvgIpc) is 3.04. The molecular formula is C11H13NO5S. The molecule has 1 N–H and O–H groups in total. The Hall–Kier alpha value is -1.34. The molecule has 3 unspecified atom stereocenters. The minimum atomic E-state index is -3.62. The lowest BCUT2D eigenvalue weighted by Crippen LogP contribution is -2.37. The van der Waals surface area contributed by atoms with Crippen LogP contribution in [0.1, 0.15) is 19.3 Å². The van der Waals surface area contributed by atoms with Crippen molar-refractivity contribution in [3.8, 4) is 0 Å². The van der Waals surface area contributed by atoms with Crippen molar-refractivity contribution < 1.29 is 22.7 Å². The van der Waals surface area contributed by atoms with Gasteiger partial charge in [0.05, 0.1) is 12.2 Å². The Morgan fingerprint density at radius 1 is 1.44 bits per heavy atom. The van der Waals surface area contributed by atoms with E-state index in [0.29, 0.717) is 12.8 Å². The van der Waals surface area contributed by atoms with Gasteiger partial charge in [0.1, 0.15) is 11.2 Å². The molecule has 0 aromatic carbocycles. The van der Waals surface area contributed by atoms with Gasteiger partial charge in [-0.15, -0.1) is 0 Å². The van der Waals surface area contributed by atoms with Gasteiger partial charge in [0, 0.05) is 12.1 Å². The van der Waals surface area contributed by atoms with Crippen LogP contribution in [-0.4, -0.2) is 35.9 Å². The van der Waals surface area contributed by atoms with E-state index in [-0.39, 0.29) is 10.9 Å². The van der Waals surface area contributed by atoms with Gasteiger partial charge in [-0.05, 0) is 25.3 Å². The monoisotopic (exact) mass is 271 g/mol. The minimum Gasteiger partial charge on any atom is -0.481 e. The number of hydrogen-bond acceptors (Lipinski definition) is 4. The summed E-state index contributed by atoms with van der Waals surface area (Å²) in [6.07, 6.45) is 4.27. The van der Waals surface area contributed by atoms with Gasteiger partial charge in [0.25, 0.3) is 0 Å². The molecule has 2 saturated heterocycles. The number of carbonyl (C=O) groups is 1. The summed E-state index contributed by atoms with van der Waals surface area (Å²) in [7, 11) is -3.62. The lowest BCUT2D eigenvalue weighted by Gasteiger charge is -2.21. The molecule has 2 aliphatic heterocycles. The molecule has 0 amide bonds. The van der Waals surface area contributed by atoms with E-state index in [0.717, 1.165) is 6.42 Å². The fourth-order valence-corrected chi connectivity index (χ4v) is 4.94. The maximum Gasteiger partial charge on any atom is 0.308 e. The van der Waals surface area contributed by atoms with Crippen LogP contribution in [-0.2, 0) is 14.8 Å². The molecule has 6 nitrogen and oxygen atoms in total. The summed E-state index contributed by atoms with van der Waals surface area (Å²) < 4.78 is 31.0. The van der Waals surface area contributed by atoms with Crippen molar-refractivity contribution in [2.75, 3.05) is 0 Å². The molecule has 3 rings (SSSR count). The number of rotatable bonds is 3. The summed E-state index contributed by atoms with van der Waals surface area (Å²) in [5, 5.41) is 9.11. The lowest BCUT2D eigenvalue weighted by atomic mass is 9.89. The Balaban J connectivity index is 1.97. The Labute approximate surface area is 104 Å². The van der Waals surface area contributed by atoms with Gasteiger partial charge in [-0.1, -0.05) is 0 Å². The van der Waals surface area contributed by atoms with Crippen molar-refractivity contribution in [1.82, 2.24) is 4.31 Å². The molecule has 7 heteroatoms. The number of fused-ring (bicyclic) bond motifs is 2. The Morgan fingerprint density at radius 3 is 2.78 bits per heavy atom. The van der Waals surface area contributed by atoms with Gasteiger partial charge in [0.2, 0.25) is 10.0 Å². The second-order valence-corrected chi connectivity index (χ2v) is 6.62.